The fraction of sp³-hybridized carbons (Fsp3) is 0.556. The van der Waals surface area contributed by atoms with E-state index in [0.29, 0.717) is 24.5 Å². The number of carbonyl (C=O) groups is 4. The number of hydrogen-bond donors (Lipinski definition) is 0. The maximum absolute atomic E-state index is 12.9. The van der Waals surface area contributed by atoms with Crippen LogP contribution in [-0.4, -0.2) is 69.8 Å². The lowest BCUT2D eigenvalue weighted by molar-refractivity contribution is -0.158. The largest absolute Gasteiger partial charge is 0.489 e. The van der Waals surface area contributed by atoms with Gasteiger partial charge in [0.1, 0.15) is 47.2 Å². The van der Waals surface area contributed by atoms with Gasteiger partial charge in [0.15, 0.2) is 6.61 Å². The molecule has 4 rings (SSSR count). The van der Waals surface area contributed by atoms with Crippen LogP contribution in [0.15, 0.2) is 24.3 Å². The molecule has 2 unspecified atom stereocenters. The van der Waals surface area contributed by atoms with E-state index >= 15 is 0 Å². The van der Waals surface area contributed by atoms with Crippen molar-refractivity contribution in [2.45, 2.75) is 111 Å². The third-order valence-electron chi connectivity index (χ3n) is 7.92. The van der Waals surface area contributed by atoms with Gasteiger partial charge in [0.05, 0.1) is 5.25 Å². The quantitative estimate of drug-likeness (QED) is 0.262. The Kier molecular flexibility index (Phi) is 10.6. The predicted octanol–water partition coefficient (Wildman–Crippen LogP) is 6.44. The summed E-state index contributed by atoms with van der Waals surface area (Å²) >= 11 is 0.927. The number of carbonyl (C=O) groups excluding carboxylic acids is 4. The Balaban J connectivity index is 1.34. The van der Waals surface area contributed by atoms with Crippen molar-refractivity contribution in [1.29, 1.82) is 0 Å². The van der Waals surface area contributed by atoms with E-state index in [-0.39, 0.29) is 6.61 Å². The molecule has 0 aliphatic carbocycles. The molecule has 0 N–H and O–H groups in total. The molecule has 1 fully saturated rings. The van der Waals surface area contributed by atoms with Crippen molar-refractivity contribution in [2.75, 3.05) is 19.8 Å². The second-order valence-electron chi connectivity index (χ2n) is 14.5. The topological polar surface area (TPSA) is 118 Å². The van der Waals surface area contributed by atoms with Gasteiger partial charge in [-0.25, -0.2) is 4.79 Å². The minimum Gasteiger partial charge on any atom is -0.489 e. The number of rotatable bonds is 10. The molecule has 0 bridgehead atoms. The molecule has 0 saturated carbocycles. The monoisotopic (exact) mass is 669 g/mol. The average molecular weight is 670 g/mol. The minimum absolute atomic E-state index is 0.164. The molecule has 256 valence electrons. The van der Waals surface area contributed by atoms with Crippen molar-refractivity contribution in [3.05, 3.63) is 52.1 Å². The lowest BCUT2D eigenvalue weighted by atomic mass is 9.87. The molecule has 2 aromatic carbocycles. The van der Waals surface area contributed by atoms with Crippen LogP contribution in [0.3, 0.4) is 0 Å². The molecular weight excluding hydrogens is 622 g/mol. The molecule has 0 spiro atoms. The summed E-state index contributed by atoms with van der Waals surface area (Å²) in [6, 6.07) is 7.43. The van der Waals surface area contributed by atoms with Crippen LogP contribution in [-0.2, 0) is 36.7 Å². The van der Waals surface area contributed by atoms with Crippen molar-refractivity contribution in [2.24, 2.45) is 0 Å². The molecule has 2 heterocycles. The van der Waals surface area contributed by atoms with Crippen LogP contribution < -0.4 is 14.2 Å². The van der Waals surface area contributed by atoms with Crippen LogP contribution >= 0.6 is 11.8 Å². The number of ether oxygens (including phenoxy) is 5. The summed E-state index contributed by atoms with van der Waals surface area (Å²) in [5.41, 5.74) is 2.92. The summed E-state index contributed by atoms with van der Waals surface area (Å²) < 4.78 is 29.4. The van der Waals surface area contributed by atoms with Gasteiger partial charge >= 0.3 is 11.9 Å². The van der Waals surface area contributed by atoms with Gasteiger partial charge in [-0.1, -0.05) is 23.9 Å². The highest BCUT2D eigenvalue weighted by molar-refractivity contribution is 8.15. The molecule has 2 aromatic rings. The molecule has 1 saturated heterocycles. The average Bonchev–Trinajstić information content (AvgIpc) is 3.20. The third-order valence-corrected chi connectivity index (χ3v) is 8.99. The smallest absolute Gasteiger partial charge is 0.344 e. The lowest BCUT2D eigenvalue weighted by Gasteiger charge is -2.38. The third kappa shape index (κ3) is 9.21. The zero-order valence-corrected chi connectivity index (χ0v) is 30.0. The van der Waals surface area contributed by atoms with E-state index in [1.165, 1.54) is 0 Å². The second-order valence-corrected chi connectivity index (χ2v) is 15.6. The number of esters is 2. The molecule has 2 aliphatic heterocycles. The van der Waals surface area contributed by atoms with Crippen molar-refractivity contribution in [1.82, 2.24) is 4.90 Å². The molecule has 10 nitrogen and oxygen atoms in total. The standard InChI is InChI=1S/C36H47NO9S/c1-21-22(2)31-26(23(3)30(21)42-19-29(39)45-35(7,8)9)15-16-36(10,46-31)20-43-25-13-11-24(12-14-25)17-27-32(40)37(33(41)47-27)18-28(38)44-34(4,5)6/h11-14,27H,15-20H2,1-10H3. The summed E-state index contributed by atoms with van der Waals surface area (Å²) in [6.45, 7) is 18.4. The van der Waals surface area contributed by atoms with E-state index in [9.17, 15) is 19.2 Å². The summed E-state index contributed by atoms with van der Waals surface area (Å²) in [7, 11) is 0. The first-order valence-corrected chi connectivity index (χ1v) is 16.7. The Hall–Kier alpha value is -3.73. The Bertz CT molecular complexity index is 1540. The van der Waals surface area contributed by atoms with Gasteiger partial charge in [0.25, 0.3) is 5.24 Å². The fourth-order valence-corrected chi connectivity index (χ4v) is 6.58. The number of nitrogens with zero attached hydrogens (tertiary/aromatic N) is 1. The minimum atomic E-state index is -0.702. The predicted molar refractivity (Wildman–Crippen MR) is 179 cm³/mol. The number of fused-ring (bicyclic) bond motifs is 1. The molecule has 47 heavy (non-hydrogen) atoms. The molecule has 11 heteroatoms. The highest BCUT2D eigenvalue weighted by Gasteiger charge is 2.41. The Morgan fingerprint density at radius 3 is 2.15 bits per heavy atom. The SMILES string of the molecule is Cc1c(C)c2c(c(C)c1OCC(=O)OC(C)(C)C)CCC(C)(COc1ccc(CC3SC(=O)N(CC(=O)OC(C)(C)C)C3=O)cc1)O2. The van der Waals surface area contributed by atoms with Gasteiger partial charge in [-0.3, -0.25) is 19.3 Å². The number of thioether (sulfide) groups is 1. The van der Waals surface area contributed by atoms with Crippen molar-refractivity contribution >= 4 is 34.8 Å². The van der Waals surface area contributed by atoms with Gasteiger partial charge in [-0.15, -0.1) is 0 Å². The van der Waals surface area contributed by atoms with E-state index in [4.69, 9.17) is 23.7 Å². The maximum atomic E-state index is 12.9. The fourth-order valence-electron chi connectivity index (χ4n) is 5.55. The van der Waals surface area contributed by atoms with Gasteiger partial charge in [-0.05, 0) is 123 Å². The van der Waals surface area contributed by atoms with Crippen LogP contribution in [0.1, 0.15) is 82.7 Å². The summed E-state index contributed by atoms with van der Waals surface area (Å²) in [5.74, 6) is 0.752. The van der Waals surface area contributed by atoms with Crippen LogP contribution in [0.4, 0.5) is 4.79 Å². The normalized spacial score (nSPS) is 19.6. The van der Waals surface area contributed by atoms with E-state index in [1.807, 2.05) is 72.7 Å². The van der Waals surface area contributed by atoms with E-state index in [2.05, 4.69) is 0 Å². The second kappa shape index (κ2) is 13.8. The van der Waals surface area contributed by atoms with Crippen molar-refractivity contribution in [3.8, 4) is 17.2 Å². The van der Waals surface area contributed by atoms with Crippen molar-refractivity contribution in [3.63, 3.8) is 0 Å². The number of amides is 2. The van der Waals surface area contributed by atoms with Gasteiger partial charge in [0, 0.05) is 5.56 Å². The van der Waals surface area contributed by atoms with Crippen LogP contribution in [0.2, 0.25) is 0 Å². The Morgan fingerprint density at radius 2 is 1.53 bits per heavy atom. The van der Waals surface area contributed by atoms with E-state index < -0.39 is 51.7 Å². The lowest BCUT2D eigenvalue weighted by Crippen LogP contribution is -2.42. The van der Waals surface area contributed by atoms with Gasteiger partial charge in [0.2, 0.25) is 5.91 Å². The highest BCUT2D eigenvalue weighted by Crippen LogP contribution is 2.44. The van der Waals surface area contributed by atoms with Crippen molar-refractivity contribution < 1.29 is 42.9 Å². The summed E-state index contributed by atoms with van der Waals surface area (Å²) in [4.78, 5) is 50.8. The highest BCUT2D eigenvalue weighted by atomic mass is 32.2. The molecule has 0 aromatic heterocycles. The first kappa shape index (κ1) is 36.1. The van der Waals surface area contributed by atoms with E-state index in [0.717, 1.165) is 63.1 Å². The molecule has 2 atom stereocenters. The number of benzene rings is 2. The number of imide groups is 1. The van der Waals surface area contributed by atoms with Gasteiger partial charge in [-0.2, -0.15) is 0 Å². The zero-order valence-electron chi connectivity index (χ0n) is 29.2. The van der Waals surface area contributed by atoms with Gasteiger partial charge < -0.3 is 23.7 Å². The van der Waals surface area contributed by atoms with Crippen LogP contribution in [0.25, 0.3) is 0 Å². The zero-order chi connectivity index (χ0) is 34.9. The molecule has 0 radical (unpaired) electrons. The van der Waals surface area contributed by atoms with Crippen LogP contribution in [0.5, 0.6) is 17.2 Å². The number of hydrogen-bond acceptors (Lipinski definition) is 10. The molecule has 2 aliphatic rings. The maximum Gasteiger partial charge on any atom is 0.344 e. The summed E-state index contributed by atoms with van der Waals surface area (Å²) in [6.07, 6.45) is 1.84. The van der Waals surface area contributed by atoms with E-state index in [1.54, 1.807) is 20.8 Å². The first-order chi connectivity index (χ1) is 21.7. The summed E-state index contributed by atoms with van der Waals surface area (Å²) in [5, 5.41) is -1.05. The first-order valence-electron chi connectivity index (χ1n) is 15.9. The van der Waals surface area contributed by atoms with Crippen LogP contribution in [0, 0.1) is 20.8 Å². The Labute approximate surface area is 281 Å². The molecular formula is C36H47NO9S. The molecule has 2 amide bonds. The Morgan fingerprint density at radius 1 is 0.915 bits per heavy atom.